The highest BCUT2D eigenvalue weighted by molar-refractivity contribution is 5.37. The van der Waals surface area contributed by atoms with Crippen molar-refractivity contribution in [2.24, 2.45) is 0 Å². The van der Waals surface area contributed by atoms with Crippen molar-refractivity contribution in [2.45, 2.75) is 53.0 Å². The maximum atomic E-state index is 4.15. The molecule has 0 saturated carbocycles. The van der Waals surface area contributed by atoms with Gasteiger partial charge in [0.2, 0.25) is 0 Å². The van der Waals surface area contributed by atoms with Crippen LogP contribution in [0.5, 0.6) is 0 Å². The molecule has 91 valence electrons. The second-order valence-corrected chi connectivity index (χ2v) is 4.21. The zero-order valence-corrected chi connectivity index (χ0v) is 10.9. The van der Waals surface area contributed by atoms with Crippen molar-refractivity contribution in [2.75, 3.05) is 18.0 Å². The molecule has 1 radical (unpaired) electrons. The van der Waals surface area contributed by atoms with E-state index in [0.717, 1.165) is 26.1 Å². The van der Waals surface area contributed by atoms with Gasteiger partial charge in [0.1, 0.15) is 5.82 Å². The molecule has 3 heteroatoms. The Kier molecular flexibility index (Phi) is 5.98. The summed E-state index contributed by atoms with van der Waals surface area (Å²) in [4.78, 5) is 6.58. The van der Waals surface area contributed by atoms with Crippen LogP contribution < -0.4 is 4.90 Å². The van der Waals surface area contributed by atoms with E-state index in [0.29, 0.717) is 0 Å². The summed E-state index contributed by atoms with van der Waals surface area (Å²) in [5.74, 6) is 1.23. The van der Waals surface area contributed by atoms with Crippen molar-refractivity contribution in [3.8, 4) is 0 Å². The van der Waals surface area contributed by atoms with Crippen molar-refractivity contribution < 1.29 is 0 Å². The van der Waals surface area contributed by atoms with Gasteiger partial charge in [-0.1, -0.05) is 27.2 Å². The smallest absolute Gasteiger partial charge is 0.178 e. The maximum absolute atomic E-state index is 4.15. The SMILES string of the molecule is CCCCN(CCC)c1cn[c]n1CCC. The van der Waals surface area contributed by atoms with E-state index in [1.165, 1.54) is 25.1 Å². The fourth-order valence-corrected chi connectivity index (χ4v) is 1.88. The van der Waals surface area contributed by atoms with Gasteiger partial charge < -0.3 is 9.47 Å². The molecular weight excluding hydrogens is 198 g/mol. The normalized spacial score (nSPS) is 10.7. The number of aromatic nitrogens is 2. The molecule has 0 unspecified atom stereocenters. The zero-order valence-electron chi connectivity index (χ0n) is 10.9. The van der Waals surface area contributed by atoms with Gasteiger partial charge in [-0.2, -0.15) is 0 Å². The molecule has 1 aromatic heterocycles. The number of rotatable bonds is 8. The maximum Gasteiger partial charge on any atom is 0.178 e. The van der Waals surface area contributed by atoms with Gasteiger partial charge in [-0.25, -0.2) is 4.98 Å². The summed E-state index contributed by atoms with van der Waals surface area (Å²) >= 11 is 0. The highest BCUT2D eigenvalue weighted by Gasteiger charge is 2.10. The third-order valence-electron chi connectivity index (χ3n) is 2.68. The molecule has 0 amide bonds. The predicted molar refractivity (Wildman–Crippen MR) is 68.8 cm³/mol. The van der Waals surface area contributed by atoms with Crippen LogP contribution in [0.15, 0.2) is 6.20 Å². The van der Waals surface area contributed by atoms with Crippen LogP contribution in [-0.2, 0) is 6.54 Å². The summed E-state index contributed by atoms with van der Waals surface area (Å²) in [5.41, 5.74) is 0. The number of anilines is 1. The van der Waals surface area contributed by atoms with Crippen LogP contribution in [0.2, 0.25) is 0 Å². The van der Waals surface area contributed by atoms with Gasteiger partial charge in [-0.3, -0.25) is 0 Å². The Morgan fingerprint density at radius 2 is 2.00 bits per heavy atom. The summed E-state index contributed by atoms with van der Waals surface area (Å²) in [7, 11) is 0. The van der Waals surface area contributed by atoms with Crippen LogP contribution in [-0.4, -0.2) is 22.6 Å². The van der Waals surface area contributed by atoms with Gasteiger partial charge >= 0.3 is 0 Å². The number of imidazole rings is 1. The lowest BCUT2D eigenvalue weighted by Crippen LogP contribution is -2.27. The molecule has 0 aromatic carbocycles. The lowest BCUT2D eigenvalue weighted by Gasteiger charge is -2.24. The zero-order chi connectivity index (χ0) is 11.8. The first-order valence-electron chi connectivity index (χ1n) is 6.51. The van der Waals surface area contributed by atoms with E-state index in [4.69, 9.17) is 0 Å². The van der Waals surface area contributed by atoms with Crippen LogP contribution in [0.1, 0.15) is 46.5 Å². The molecule has 16 heavy (non-hydrogen) atoms. The Labute approximate surface area is 99.5 Å². The average Bonchev–Trinajstić information content (AvgIpc) is 2.73. The molecule has 0 bridgehead atoms. The highest BCUT2D eigenvalue weighted by atomic mass is 15.3. The molecule has 0 aliphatic heterocycles. The first-order valence-corrected chi connectivity index (χ1v) is 6.51. The first-order chi connectivity index (χ1) is 7.83. The topological polar surface area (TPSA) is 21.1 Å². The molecule has 1 rings (SSSR count). The van der Waals surface area contributed by atoms with Crippen LogP contribution in [0, 0.1) is 6.33 Å². The average molecular weight is 222 g/mol. The van der Waals surface area contributed by atoms with E-state index in [2.05, 4.69) is 41.5 Å². The lowest BCUT2D eigenvalue weighted by atomic mass is 10.3. The monoisotopic (exact) mass is 222 g/mol. The number of aryl methyl sites for hydroxylation is 1. The highest BCUT2D eigenvalue weighted by Crippen LogP contribution is 2.15. The number of nitrogens with zero attached hydrogens (tertiary/aromatic N) is 3. The Hall–Kier alpha value is -0.990. The van der Waals surface area contributed by atoms with Gasteiger partial charge in [0.15, 0.2) is 6.33 Å². The van der Waals surface area contributed by atoms with Gasteiger partial charge in [-0.15, -0.1) is 0 Å². The molecule has 0 N–H and O–H groups in total. The molecule has 0 aliphatic carbocycles. The minimum Gasteiger partial charge on any atom is -0.357 e. The van der Waals surface area contributed by atoms with Crippen LogP contribution in [0.4, 0.5) is 5.82 Å². The molecule has 1 aromatic rings. The minimum atomic E-state index is 1.02. The fraction of sp³-hybridized carbons (Fsp3) is 0.769. The molecule has 0 saturated heterocycles. The van der Waals surface area contributed by atoms with E-state index >= 15 is 0 Å². The Balaban J connectivity index is 2.70. The number of hydrogen-bond donors (Lipinski definition) is 0. The summed E-state index contributed by atoms with van der Waals surface area (Å²) in [6.07, 6.45) is 9.80. The molecular formula is C13H24N3. The van der Waals surface area contributed by atoms with E-state index in [-0.39, 0.29) is 0 Å². The molecule has 0 aliphatic rings. The molecule has 0 atom stereocenters. The third-order valence-corrected chi connectivity index (χ3v) is 2.68. The predicted octanol–water partition coefficient (Wildman–Crippen LogP) is 3.11. The summed E-state index contributed by atoms with van der Waals surface area (Å²) in [6.45, 7) is 9.91. The first kappa shape index (κ1) is 13.1. The molecule has 1 heterocycles. The summed E-state index contributed by atoms with van der Waals surface area (Å²) in [6, 6.07) is 0. The van der Waals surface area contributed by atoms with Gasteiger partial charge in [0, 0.05) is 19.6 Å². The van der Waals surface area contributed by atoms with E-state index in [1.54, 1.807) is 0 Å². The van der Waals surface area contributed by atoms with Gasteiger partial charge in [-0.05, 0) is 19.3 Å². The van der Waals surface area contributed by atoms with Crippen molar-refractivity contribution in [3.63, 3.8) is 0 Å². The van der Waals surface area contributed by atoms with Crippen molar-refractivity contribution >= 4 is 5.82 Å². The van der Waals surface area contributed by atoms with Crippen LogP contribution in [0.3, 0.4) is 0 Å². The molecule has 3 nitrogen and oxygen atoms in total. The molecule has 0 fully saturated rings. The van der Waals surface area contributed by atoms with Crippen molar-refractivity contribution in [1.82, 2.24) is 9.55 Å². The molecule has 0 spiro atoms. The third kappa shape index (κ3) is 3.54. The van der Waals surface area contributed by atoms with Crippen molar-refractivity contribution in [3.05, 3.63) is 12.5 Å². The quantitative estimate of drug-likeness (QED) is 0.674. The van der Waals surface area contributed by atoms with Gasteiger partial charge in [0.25, 0.3) is 0 Å². The van der Waals surface area contributed by atoms with Gasteiger partial charge in [0.05, 0.1) is 6.20 Å². The summed E-state index contributed by atoms with van der Waals surface area (Å²) < 4.78 is 2.14. The lowest BCUT2D eigenvalue weighted by molar-refractivity contribution is 0.631. The van der Waals surface area contributed by atoms with E-state index < -0.39 is 0 Å². The standard InChI is InChI=1S/C13H24N3/c1-4-7-10-15(8-5-2)13-11-14-12-16(13)9-6-3/h11H,4-10H2,1-3H3. The van der Waals surface area contributed by atoms with E-state index in [9.17, 15) is 0 Å². The number of unbranched alkanes of at least 4 members (excludes halogenated alkanes) is 1. The second kappa shape index (κ2) is 7.31. The van der Waals surface area contributed by atoms with Crippen LogP contribution >= 0.6 is 0 Å². The van der Waals surface area contributed by atoms with Crippen molar-refractivity contribution in [1.29, 1.82) is 0 Å². The van der Waals surface area contributed by atoms with Crippen LogP contribution in [0.25, 0.3) is 0 Å². The fourth-order valence-electron chi connectivity index (χ4n) is 1.88. The Morgan fingerprint density at radius 3 is 2.62 bits per heavy atom. The second-order valence-electron chi connectivity index (χ2n) is 4.21. The Bertz CT molecular complexity index is 280. The number of hydrogen-bond acceptors (Lipinski definition) is 2. The Morgan fingerprint density at radius 1 is 1.19 bits per heavy atom. The summed E-state index contributed by atoms with van der Waals surface area (Å²) in [5, 5.41) is 0. The largest absolute Gasteiger partial charge is 0.357 e. The minimum absolute atomic E-state index is 1.02. The van der Waals surface area contributed by atoms with E-state index in [1.807, 2.05) is 6.20 Å².